The summed E-state index contributed by atoms with van der Waals surface area (Å²) >= 11 is 0. The molecule has 1 N–H and O–H groups in total. The fraction of sp³-hybridized carbons (Fsp3) is 0.185. The third-order valence-corrected chi connectivity index (χ3v) is 7.31. The molecule has 2 bridgehead atoms. The second kappa shape index (κ2) is 6.87. The Hall–Kier alpha value is -4.26. The average Bonchev–Trinajstić information content (AvgIpc) is 3.10. The maximum Gasteiger partial charge on any atom is 0.319 e. The molecule has 2 atom stereocenters. The van der Waals surface area contributed by atoms with E-state index in [1.54, 1.807) is 24.3 Å². The molecule has 7 heteroatoms. The summed E-state index contributed by atoms with van der Waals surface area (Å²) in [6.45, 7) is 1.28. The lowest BCUT2D eigenvalue weighted by atomic mass is 9.47. The number of esters is 1. The summed E-state index contributed by atoms with van der Waals surface area (Å²) < 4.78 is 5.05. The first-order chi connectivity index (χ1) is 16.4. The number of ether oxygens (including phenoxy) is 1. The van der Waals surface area contributed by atoms with Gasteiger partial charge in [-0.3, -0.25) is 19.2 Å². The number of carboxylic acids is 1. The van der Waals surface area contributed by atoms with Crippen molar-refractivity contribution in [1.82, 2.24) is 0 Å². The number of hydrogen-bond donors (Lipinski definition) is 1. The van der Waals surface area contributed by atoms with Crippen LogP contribution in [-0.2, 0) is 24.6 Å². The lowest BCUT2D eigenvalue weighted by molar-refractivity contribution is -0.149. The highest BCUT2D eigenvalue weighted by atomic mass is 16.5. The van der Waals surface area contributed by atoms with Crippen molar-refractivity contribution < 1.29 is 29.0 Å². The average molecular weight is 453 g/mol. The first-order valence-electron chi connectivity index (χ1n) is 11.0. The molecule has 3 aliphatic carbocycles. The van der Waals surface area contributed by atoms with E-state index >= 15 is 0 Å². The molecule has 4 aliphatic rings. The molecule has 1 fully saturated rings. The Bertz CT molecular complexity index is 1360. The van der Waals surface area contributed by atoms with Crippen LogP contribution < -0.4 is 9.64 Å². The zero-order chi connectivity index (χ0) is 23.8. The molecule has 0 spiro atoms. The number of aliphatic carboxylic acids is 1. The summed E-state index contributed by atoms with van der Waals surface area (Å²) in [7, 11) is 0. The van der Waals surface area contributed by atoms with E-state index in [9.17, 15) is 24.3 Å². The lowest BCUT2D eigenvalue weighted by Crippen LogP contribution is -2.57. The summed E-state index contributed by atoms with van der Waals surface area (Å²) in [6.07, 6.45) is 0. The van der Waals surface area contributed by atoms with Gasteiger partial charge in [0.25, 0.3) is 0 Å². The highest BCUT2D eigenvalue weighted by molar-refractivity contribution is 6.25. The molecule has 1 heterocycles. The molecule has 168 valence electrons. The van der Waals surface area contributed by atoms with Crippen molar-refractivity contribution in [2.75, 3.05) is 4.90 Å². The Morgan fingerprint density at radius 3 is 1.94 bits per heavy atom. The molecule has 3 aromatic rings. The third-order valence-electron chi connectivity index (χ3n) is 7.31. The Balaban J connectivity index is 1.56. The predicted octanol–water partition coefficient (Wildman–Crippen LogP) is 3.25. The number of carboxylic acid groups (broad SMARTS) is 1. The van der Waals surface area contributed by atoms with Gasteiger partial charge in [0, 0.05) is 12.8 Å². The minimum atomic E-state index is -1.66. The van der Waals surface area contributed by atoms with Crippen LogP contribution in [0, 0.1) is 11.8 Å². The van der Waals surface area contributed by atoms with Gasteiger partial charge in [0.05, 0.1) is 17.5 Å². The van der Waals surface area contributed by atoms with Crippen LogP contribution >= 0.6 is 0 Å². The SMILES string of the molecule is CC(=O)Oc1ccc(N2C(=O)[C@@H]3C4c5ccccc5C(C(=O)O)(c5ccccc54)[C@@H]3C2=O)cc1. The number of carbonyl (C=O) groups excluding carboxylic acids is 3. The monoisotopic (exact) mass is 453 g/mol. The molecule has 2 amide bonds. The van der Waals surface area contributed by atoms with Crippen LogP contribution in [0.1, 0.15) is 35.1 Å². The van der Waals surface area contributed by atoms with Crippen molar-refractivity contribution in [3.05, 3.63) is 95.1 Å². The predicted molar refractivity (Wildman–Crippen MR) is 120 cm³/mol. The van der Waals surface area contributed by atoms with Gasteiger partial charge in [-0.05, 0) is 46.5 Å². The van der Waals surface area contributed by atoms with Gasteiger partial charge in [0.1, 0.15) is 11.2 Å². The number of hydrogen-bond acceptors (Lipinski definition) is 5. The van der Waals surface area contributed by atoms with Crippen molar-refractivity contribution in [3.8, 4) is 5.75 Å². The van der Waals surface area contributed by atoms with E-state index in [4.69, 9.17) is 4.74 Å². The molecule has 0 saturated carbocycles. The fourth-order valence-corrected chi connectivity index (χ4v) is 6.22. The topological polar surface area (TPSA) is 101 Å². The Morgan fingerprint density at radius 2 is 1.41 bits per heavy atom. The zero-order valence-electron chi connectivity index (χ0n) is 18.1. The van der Waals surface area contributed by atoms with E-state index in [-0.39, 0.29) is 5.75 Å². The number of amides is 2. The summed E-state index contributed by atoms with van der Waals surface area (Å²) in [6, 6.07) is 20.5. The van der Waals surface area contributed by atoms with Crippen molar-refractivity contribution in [2.24, 2.45) is 11.8 Å². The maximum absolute atomic E-state index is 13.9. The van der Waals surface area contributed by atoms with Gasteiger partial charge in [-0.15, -0.1) is 0 Å². The normalized spacial score (nSPS) is 26.0. The molecule has 34 heavy (non-hydrogen) atoms. The van der Waals surface area contributed by atoms with Gasteiger partial charge in [-0.25, -0.2) is 4.90 Å². The van der Waals surface area contributed by atoms with Crippen LogP contribution in [0.3, 0.4) is 0 Å². The summed E-state index contributed by atoms with van der Waals surface area (Å²) in [4.78, 5) is 53.1. The molecule has 7 nitrogen and oxygen atoms in total. The van der Waals surface area contributed by atoms with E-state index in [0.717, 1.165) is 16.0 Å². The Morgan fingerprint density at radius 1 is 0.853 bits per heavy atom. The van der Waals surface area contributed by atoms with Gasteiger partial charge in [-0.2, -0.15) is 0 Å². The number of benzene rings is 3. The van der Waals surface area contributed by atoms with Crippen molar-refractivity contribution in [2.45, 2.75) is 18.3 Å². The lowest BCUT2D eigenvalue weighted by Gasteiger charge is -2.51. The summed E-state index contributed by atoms with van der Waals surface area (Å²) in [5.74, 6) is -4.62. The fourth-order valence-electron chi connectivity index (χ4n) is 6.22. The van der Waals surface area contributed by atoms with Crippen molar-refractivity contribution in [3.63, 3.8) is 0 Å². The molecular weight excluding hydrogens is 434 g/mol. The molecular formula is C27H19NO6. The minimum absolute atomic E-state index is 0.287. The molecule has 0 aromatic heterocycles. The zero-order valence-corrected chi connectivity index (χ0v) is 18.1. The third kappa shape index (κ3) is 2.36. The number of carbonyl (C=O) groups is 4. The van der Waals surface area contributed by atoms with E-state index in [1.165, 1.54) is 31.2 Å². The molecule has 0 unspecified atom stereocenters. The van der Waals surface area contributed by atoms with Gasteiger partial charge in [0.2, 0.25) is 11.8 Å². The Kier molecular flexibility index (Phi) is 4.11. The first kappa shape index (κ1) is 20.4. The van der Waals surface area contributed by atoms with Crippen LogP contribution in [0.5, 0.6) is 5.75 Å². The van der Waals surface area contributed by atoms with E-state index in [2.05, 4.69) is 0 Å². The molecule has 1 saturated heterocycles. The number of anilines is 1. The van der Waals surface area contributed by atoms with Gasteiger partial charge in [-0.1, -0.05) is 48.5 Å². The standard InChI is InChI=1S/C27H19NO6/c1-14(29)34-16-12-10-15(11-13-16)28-24(30)22-21-17-6-2-4-8-19(17)27(26(32)33,23(22)25(28)31)20-9-5-3-7-18(20)21/h2-13,21-23H,1H3,(H,32,33)/t21?,22-,23+,27?/m1/s1. The van der Waals surface area contributed by atoms with Crippen LogP contribution in [0.25, 0.3) is 0 Å². The van der Waals surface area contributed by atoms with Crippen LogP contribution in [0.2, 0.25) is 0 Å². The summed E-state index contributed by atoms with van der Waals surface area (Å²) in [5.41, 5.74) is 1.34. The second-order valence-electron chi connectivity index (χ2n) is 8.87. The van der Waals surface area contributed by atoms with Crippen molar-refractivity contribution >= 4 is 29.4 Å². The second-order valence-corrected chi connectivity index (χ2v) is 8.87. The first-order valence-corrected chi connectivity index (χ1v) is 11.0. The maximum atomic E-state index is 13.9. The number of nitrogens with zero attached hydrogens (tertiary/aromatic N) is 1. The summed E-state index contributed by atoms with van der Waals surface area (Å²) in [5, 5.41) is 10.7. The van der Waals surface area contributed by atoms with E-state index in [1.807, 2.05) is 24.3 Å². The highest BCUT2D eigenvalue weighted by Gasteiger charge is 2.71. The van der Waals surface area contributed by atoms with Gasteiger partial charge < -0.3 is 9.84 Å². The number of imide groups is 1. The minimum Gasteiger partial charge on any atom is -0.480 e. The van der Waals surface area contributed by atoms with Crippen LogP contribution in [0.4, 0.5) is 5.69 Å². The van der Waals surface area contributed by atoms with Crippen LogP contribution in [-0.4, -0.2) is 28.9 Å². The van der Waals surface area contributed by atoms with E-state index in [0.29, 0.717) is 16.8 Å². The molecule has 1 aliphatic heterocycles. The molecule has 0 radical (unpaired) electrons. The molecule has 3 aromatic carbocycles. The molecule has 7 rings (SSSR count). The van der Waals surface area contributed by atoms with Gasteiger partial charge >= 0.3 is 11.9 Å². The van der Waals surface area contributed by atoms with Crippen molar-refractivity contribution in [1.29, 1.82) is 0 Å². The van der Waals surface area contributed by atoms with E-state index < -0.39 is 46.9 Å². The van der Waals surface area contributed by atoms with Crippen LogP contribution in [0.15, 0.2) is 72.8 Å². The van der Waals surface area contributed by atoms with Gasteiger partial charge in [0.15, 0.2) is 0 Å². The smallest absolute Gasteiger partial charge is 0.319 e. The quantitative estimate of drug-likeness (QED) is 0.371. The largest absolute Gasteiger partial charge is 0.480 e. The Labute approximate surface area is 194 Å². The number of rotatable bonds is 3. The highest BCUT2D eigenvalue weighted by Crippen LogP contribution is 2.64.